The number of urea groups is 1. The van der Waals surface area contributed by atoms with Crippen LogP contribution in [-0.2, 0) is 0 Å². The molecule has 1 aliphatic carbocycles. The fourth-order valence-corrected chi connectivity index (χ4v) is 4.96. The van der Waals surface area contributed by atoms with E-state index in [0.717, 1.165) is 36.0 Å². The maximum Gasteiger partial charge on any atom is 0.322 e. The number of hydrogen-bond acceptors (Lipinski definition) is 2. The third-order valence-electron chi connectivity index (χ3n) is 5.39. The third kappa shape index (κ3) is 2.48. The van der Waals surface area contributed by atoms with Crippen LogP contribution in [0.2, 0.25) is 0 Å². The van der Waals surface area contributed by atoms with Crippen LogP contribution < -0.4 is 5.32 Å². The normalized spacial score (nSPS) is 29.0. The van der Waals surface area contributed by atoms with Gasteiger partial charge in [0.2, 0.25) is 0 Å². The molecule has 2 aromatic rings. The van der Waals surface area contributed by atoms with Crippen molar-refractivity contribution in [3.8, 4) is 0 Å². The Labute approximate surface area is 136 Å². The lowest BCUT2D eigenvalue weighted by molar-refractivity contribution is 0.130. The molecule has 0 spiro atoms. The molecule has 0 unspecified atom stereocenters. The molecule has 122 valence electrons. The van der Waals surface area contributed by atoms with Gasteiger partial charge < -0.3 is 10.2 Å². The van der Waals surface area contributed by atoms with Crippen molar-refractivity contribution in [2.75, 3.05) is 11.9 Å². The number of hydrogen-bond donors (Lipinski definition) is 2. The molecule has 2 fully saturated rings. The highest BCUT2D eigenvalue weighted by molar-refractivity contribution is 5.99. The van der Waals surface area contributed by atoms with Gasteiger partial charge in [0.15, 0.2) is 0 Å². The van der Waals surface area contributed by atoms with Gasteiger partial charge in [-0.3, -0.25) is 5.10 Å². The number of carbonyl (C=O) groups is 1. The van der Waals surface area contributed by atoms with Crippen molar-refractivity contribution in [1.29, 1.82) is 0 Å². The van der Waals surface area contributed by atoms with E-state index in [4.69, 9.17) is 0 Å². The van der Waals surface area contributed by atoms with Crippen LogP contribution in [0, 0.1) is 10.8 Å². The summed E-state index contributed by atoms with van der Waals surface area (Å²) in [6.07, 6.45) is 5.18. The largest absolute Gasteiger partial charge is 0.322 e. The number of nitrogens with one attached hydrogen (secondary N) is 2. The van der Waals surface area contributed by atoms with Gasteiger partial charge >= 0.3 is 6.03 Å². The van der Waals surface area contributed by atoms with E-state index in [9.17, 15) is 4.79 Å². The second-order valence-corrected chi connectivity index (χ2v) is 8.41. The van der Waals surface area contributed by atoms with E-state index in [0.29, 0.717) is 11.5 Å². The van der Waals surface area contributed by atoms with E-state index in [2.05, 4.69) is 36.3 Å². The SMILES string of the molecule is CC1(C)C[C@@H]2C[C@@](C)(CN2C(=O)Nc2cccc3cn[nH]c23)C1. The van der Waals surface area contributed by atoms with E-state index in [1.165, 1.54) is 6.42 Å². The van der Waals surface area contributed by atoms with Crippen LogP contribution in [0.1, 0.15) is 40.0 Å². The van der Waals surface area contributed by atoms with Gasteiger partial charge in [-0.1, -0.05) is 32.9 Å². The second-order valence-electron chi connectivity index (χ2n) is 8.41. The summed E-state index contributed by atoms with van der Waals surface area (Å²) in [5.74, 6) is 0. The predicted molar refractivity (Wildman–Crippen MR) is 91.3 cm³/mol. The summed E-state index contributed by atoms with van der Waals surface area (Å²) in [4.78, 5) is 14.9. The van der Waals surface area contributed by atoms with Crippen LogP contribution in [0.25, 0.3) is 10.9 Å². The van der Waals surface area contributed by atoms with E-state index in [1.807, 2.05) is 23.1 Å². The second kappa shape index (κ2) is 4.73. The molecule has 5 nitrogen and oxygen atoms in total. The predicted octanol–water partition coefficient (Wildman–Crippen LogP) is 4.00. The van der Waals surface area contributed by atoms with Crippen LogP contribution in [-0.4, -0.2) is 33.7 Å². The zero-order chi connectivity index (χ0) is 16.2. The first-order chi connectivity index (χ1) is 10.9. The average molecular weight is 312 g/mol. The molecule has 2 amide bonds. The smallest absolute Gasteiger partial charge is 0.321 e. The minimum absolute atomic E-state index is 0.0125. The number of fused-ring (bicyclic) bond motifs is 3. The molecule has 1 saturated carbocycles. The van der Waals surface area contributed by atoms with Crippen LogP contribution in [0.5, 0.6) is 0 Å². The first-order valence-electron chi connectivity index (χ1n) is 8.35. The molecular formula is C18H24N4O. The fraction of sp³-hybridized carbons (Fsp3) is 0.556. The monoisotopic (exact) mass is 312 g/mol. The molecule has 2 atom stereocenters. The zero-order valence-corrected chi connectivity index (χ0v) is 14.0. The van der Waals surface area contributed by atoms with Crippen molar-refractivity contribution in [2.24, 2.45) is 10.8 Å². The Kier molecular flexibility index (Phi) is 2.99. The van der Waals surface area contributed by atoms with Gasteiger partial charge in [0, 0.05) is 18.0 Å². The van der Waals surface area contributed by atoms with Crippen molar-refractivity contribution in [2.45, 2.75) is 46.1 Å². The summed E-state index contributed by atoms with van der Waals surface area (Å²) < 4.78 is 0. The number of H-pyrrole nitrogens is 1. The van der Waals surface area contributed by atoms with E-state index in [1.54, 1.807) is 6.20 Å². The molecule has 5 heteroatoms. The van der Waals surface area contributed by atoms with Crippen molar-refractivity contribution in [3.05, 3.63) is 24.4 Å². The third-order valence-corrected chi connectivity index (χ3v) is 5.39. The minimum Gasteiger partial charge on any atom is -0.321 e. The van der Waals surface area contributed by atoms with Crippen LogP contribution >= 0.6 is 0 Å². The number of anilines is 1. The summed E-state index contributed by atoms with van der Waals surface area (Å²) in [6, 6.07) is 6.22. The molecule has 2 bridgehead atoms. The van der Waals surface area contributed by atoms with Gasteiger partial charge in [0.1, 0.15) is 0 Å². The molecule has 2 N–H and O–H groups in total. The fourth-order valence-electron chi connectivity index (χ4n) is 4.96. The molecule has 23 heavy (non-hydrogen) atoms. The lowest BCUT2D eigenvalue weighted by Gasteiger charge is -2.39. The van der Waals surface area contributed by atoms with Crippen molar-refractivity contribution < 1.29 is 4.79 Å². The maximum atomic E-state index is 12.9. The van der Waals surface area contributed by atoms with Gasteiger partial charge in [0.05, 0.1) is 17.4 Å². The van der Waals surface area contributed by atoms with Crippen LogP contribution in [0.4, 0.5) is 10.5 Å². The van der Waals surface area contributed by atoms with Gasteiger partial charge in [-0.15, -0.1) is 0 Å². The molecule has 1 aliphatic heterocycles. The highest BCUT2D eigenvalue weighted by Gasteiger charge is 2.51. The molecule has 1 aromatic carbocycles. The highest BCUT2D eigenvalue weighted by Crippen LogP contribution is 2.52. The van der Waals surface area contributed by atoms with E-state index < -0.39 is 0 Å². The van der Waals surface area contributed by atoms with Crippen LogP contribution in [0.3, 0.4) is 0 Å². The molecular weight excluding hydrogens is 288 g/mol. The number of aromatic nitrogens is 2. The number of aromatic amines is 1. The average Bonchev–Trinajstić information content (AvgIpc) is 3.00. The number of rotatable bonds is 1. The minimum atomic E-state index is 0.0125. The summed E-state index contributed by atoms with van der Waals surface area (Å²) in [7, 11) is 0. The Bertz CT molecular complexity index is 765. The number of nitrogens with zero attached hydrogens (tertiary/aromatic N) is 2. The Balaban J connectivity index is 1.57. The first-order valence-corrected chi connectivity index (χ1v) is 8.35. The van der Waals surface area contributed by atoms with Gasteiger partial charge in [-0.25, -0.2) is 4.79 Å². The summed E-state index contributed by atoms with van der Waals surface area (Å²) >= 11 is 0. The lowest BCUT2D eigenvalue weighted by atomic mass is 9.65. The Morgan fingerprint density at radius 2 is 2.17 bits per heavy atom. The Morgan fingerprint density at radius 3 is 3.00 bits per heavy atom. The Morgan fingerprint density at radius 1 is 1.35 bits per heavy atom. The van der Waals surface area contributed by atoms with Gasteiger partial charge in [0.25, 0.3) is 0 Å². The summed E-state index contributed by atoms with van der Waals surface area (Å²) in [6.45, 7) is 7.82. The molecule has 2 heterocycles. The number of likely N-dealkylation sites (tertiary alicyclic amines) is 1. The van der Waals surface area contributed by atoms with Crippen molar-refractivity contribution >= 4 is 22.6 Å². The maximum absolute atomic E-state index is 12.9. The first kappa shape index (κ1) is 14.5. The summed E-state index contributed by atoms with van der Waals surface area (Å²) in [5.41, 5.74) is 2.25. The standard InChI is InChI=1S/C18H24N4O/c1-17(2)7-13-8-18(3,10-17)11-22(13)16(23)20-14-6-4-5-12-9-19-21-15(12)14/h4-6,9,13H,7-8,10-11H2,1-3H3,(H,19,21)(H,20,23)/t13-,18-/m1/s1. The molecule has 4 rings (SSSR count). The van der Waals surface area contributed by atoms with Crippen molar-refractivity contribution in [3.63, 3.8) is 0 Å². The quantitative estimate of drug-likeness (QED) is 0.836. The lowest BCUT2D eigenvalue weighted by Crippen LogP contribution is -2.40. The number of amides is 2. The van der Waals surface area contributed by atoms with E-state index >= 15 is 0 Å². The number of para-hydroxylation sites is 1. The van der Waals surface area contributed by atoms with Gasteiger partial charge in [-0.05, 0) is 36.2 Å². The van der Waals surface area contributed by atoms with Crippen LogP contribution in [0.15, 0.2) is 24.4 Å². The number of carbonyl (C=O) groups excluding carboxylic acids is 1. The number of benzene rings is 1. The van der Waals surface area contributed by atoms with Gasteiger partial charge in [-0.2, -0.15) is 5.10 Å². The summed E-state index contributed by atoms with van der Waals surface area (Å²) in [5, 5.41) is 11.1. The molecule has 0 radical (unpaired) electrons. The highest BCUT2D eigenvalue weighted by atomic mass is 16.2. The topological polar surface area (TPSA) is 61.0 Å². The van der Waals surface area contributed by atoms with Crippen molar-refractivity contribution in [1.82, 2.24) is 15.1 Å². The van der Waals surface area contributed by atoms with E-state index in [-0.39, 0.29) is 11.4 Å². The molecule has 2 aliphatic rings. The zero-order valence-electron chi connectivity index (χ0n) is 14.0. The molecule has 1 saturated heterocycles. The Hall–Kier alpha value is -2.04. The molecule has 1 aromatic heterocycles.